The molecule has 142 valence electrons. The largest absolute Gasteiger partial charge is 0.382 e. The van der Waals surface area contributed by atoms with Gasteiger partial charge in [-0.1, -0.05) is 25.5 Å². The van der Waals surface area contributed by atoms with Crippen LogP contribution < -0.4 is 5.32 Å². The molecule has 2 nitrogen and oxygen atoms in total. The summed E-state index contributed by atoms with van der Waals surface area (Å²) in [4.78, 5) is 1.37. The molecular formula is C22H37NOS. The molecule has 1 fully saturated rings. The Morgan fingerprint density at radius 1 is 1.16 bits per heavy atom. The van der Waals surface area contributed by atoms with E-state index in [-0.39, 0.29) is 0 Å². The Labute approximate surface area is 159 Å². The molecule has 1 aliphatic rings. The predicted octanol–water partition coefficient (Wildman–Crippen LogP) is 5.65. The summed E-state index contributed by atoms with van der Waals surface area (Å²) < 4.78 is 5.38. The van der Waals surface area contributed by atoms with Crippen LogP contribution in [0.5, 0.6) is 0 Å². The molecule has 3 heteroatoms. The van der Waals surface area contributed by atoms with Crippen molar-refractivity contribution in [2.75, 3.05) is 32.6 Å². The number of thioether (sulfide) groups is 1. The van der Waals surface area contributed by atoms with Crippen molar-refractivity contribution >= 4 is 11.8 Å². The average molecular weight is 364 g/mol. The third-order valence-corrected chi connectivity index (χ3v) is 6.41. The maximum atomic E-state index is 5.38. The summed E-state index contributed by atoms with van der Waals surface area (Å²) in [5.41, 5.74) is 2.04. The fourth-order valence-corrected chi connectivity index (χ4v) is 4.41. The summed E-state index contributed by atoms with van der Waals surface area (Å²) >= 11 is 1.83. The molecule has 1 aliphatic carbocycles. The van der Waals surface area contributed by atoms with E-state index in [1.165, 1.54) is 49.8 Å². The molecule has 0 radical (unpaired) electrons. The molecule has 0 heterocycles. The number of hydrogen-bond acceptors (Lipinski definition) is 3. The number of unbranched alkanes of at least 4 members (excludes halogenated alkanes) is 1. The molecule has 25 heavy (non-hydrogen) atoms. The molecule has 0 aliphatic heterocycles. The van der Waals surface area contributed by atoms with Crippen LogP contribution in [-0.4, -0.2) is 32.6 Å². The summed E-state index contributed by atoms with van der Waals surface area (Å²) in [6.45, 7) is 8.52. The van der Waals surface area contributed by atoms with Gasteiger partial charge in [-0.3, -0.25) is 0 Å². The highest BCUT2D eigenvalue weighted by molar-refractivity contribution is 7.98. The molecule has 0 amide bonds. The molecule has 1 aromatic rings. The summed E-state index contributed by atoms with van der Waals surface area (Å²) in [7, 11) is 0. The zero-order chi connectivity index (χ0) is 18.0. The van der Waals surface area contributed by atoms with Crippen molar-refractivity contribution in [3.05, 3.63) is 29.8 Å². The van der Waals surface area contributed by atoms with Crippen LogP contribution in [0.4, 0.5) is 0 Å². The highest BCUT2D eigenvalue weighted by Crippen LogP contribution is 2.48. The normalized spacial score (nSPS) is 17.2. The van der Waals surface area contributed by atoms with E-state index in [1.54, 1.807) is 5.56 Å². The van der Waals surface area contributed by atoms with Gasteiger partial charge in [-0.05, 0) is 93.8 Å². The van der Waals surface area contributed by atoms with Crippen molar-refractivity contribution in [3.63, 3.8) is 0 Å². The van der Waals surface area contributed by atoms with Crippen LogP contribution in [0.2, 0.25) is 0 Å². The van der Waals surface area contributed by atoms with Crippen molar-refractivity contribution in [1.82, 2.24) is 5.32 Å². The number of hydrogen-bond donors (Lipinski definition) is 1. The van der Waals surface area contributed by atoms with Crippen LogP contribution in [-0.2, 0) is 10.2 Å². The Bertz CT molecular complexity index is 469. The highest BCUT2D eigenvalue weighted by Gasteiger charge is 2.39. The number of ether oxygens (including phenoxy) is 1. The van der Waals surface area contributed by atoms with E-state index in [2.05, 4.69) is 49.7 Å². The Morgan fingerprint density at radius 3 is 2.52 bits per heavy atom. The van der Waals surface area contributed by atoms with E-state index in [4.69, 9.17) is 4.74 Å². The minimum absolute atomic E-state index is 0.466. The zero-order valence-corrected chi connectivity index (χ0v) is 17.3. The molecule has 0 aromatic heterocycles. The van der Waals surface area contributed by atoms with Crippen LogP contribution in [0.25, 0.3) is 0 Å². The maximum absolute atomic E-state index is 5.38. The minimum atomic E-state index is 0.466. The fourth-order valence-electron chi connectivity index (χ4n) is 4.00. The van der Waals surface area contributed by atoms with Gasteiger partial charge in [0.1, 0.15) is 0 Å². The lowest BCUT2D eigenvalue weighted by atomic mass is 9.60. The molecule has 1 N–H and O–H groups in total. The van der Waals surface area contributed by atoms with Crippen LogP contribution in [0.3, 0.4) is 0 Å². The number of nitrogens with one attached hydrogen (secondary N) is 1. The Kier molecular flexibility index (Phi) is 9.36. The molecule has 2 rings (SSSR count). The van der Waals surface area contributed by atoms with Gasteiger partial charge in [0.05, 0.1) is 0 Å². The van der Waals surface area contributed by atoms with Crippen molar-refractivity contribution in [2.24, 2.45) is 5.92 Å². The molecule has 1 aromatic carbocycles. The van der Waals surface area contributed by atoms with Gasteiger partial charge in [0.15, 0.2) is 0 Å². The van der Waals surface area contributed by atoms with Crippen molar-refractivity contribution in [2.45, 2.75) is 69.1 Å². The smallest absolute Gasteiger partial charge is 0.0466 e. The quantitative estimate of drug-likeness (QED) is 0.361. The fraction of sp³-hybridized carbons (Fsp3) is 0.727. The number of rotatable bonds is 13. The molecule has 0 bridgehead atoms. The van der Waals surface area contributed by atoms with Crippen LogP contribution in [0.1, 0.15) is 64.4 Å². The second-order valence-corrected chi connectivity index (χ2v) is 8.49. The van der Waals surface area contributed by atoms with Crippen molar-refractivity contribution < 1.29 is 4.74 Å². The first-order chi connectivity index (χ1) is 12.2. The first-order valence-corrected chi connectivity index (χ1v) is 11.4. The van der Waals surface area contributed by atoms with Gasteiger partial charge in [0.25, 0.3) is 0 Å². The molecule has 1 unspecified atom stereocenters. The maximum Gasteiger partial charge on any atom is 0.0466 e. The molecule has 0 saturated heterocycles. The zero-order valence-electron chi connectivity index (χ0n) is 16.5. The monoisotopic (exact) mass is 363 g/mol. The average Bonchev–Trinajstić information content (AvgIpc) is 2.60. The lowest BCUT2D eigenvalue weighted by molar-refractivity contribution is 0.143. The van der Waals surface area contributed by atoms with Gasteiger partial charge in [-0.15, -0.1) is 11.8 Å². The van der Waals surface area contributed by atoms with E-state index in [0.29, 0.717) is 5.41 Å². The Balaban J connectivity index is 1.68. The summed E-state index contributed by atoms with van der Waals surface area (Å²) in [6, 6.07) is 9.37. The van der Waals surface area contributed by atoms with Gasteiger partial charge in [-0.25, -0.2) is 0 Å². The standard InChI is InChI=1S/C22H37NOS/c1-4-24-17-6-5-15-23-16-12-19(2)18-22(13-7-14-22)20-8-10-21(25-3)11-9-20/h8-11,19,23H,4-7,12-18H2,1-3H3. The van der Waals surface area contributed by atoms with E-state index in [1.807, 2.05) is 11.8 Å². The molecule has 0 spiro atoms. The van der Waals surface area contributed by atoms with Crippen molar-refractivity contribution in [3.8, 4) is 0 Å². The van der Waals surface area contributed by atoms with Crippen molar-refractivity contribution in [1.29, 1.82) is 0 Å². The lowest BCUT2D eigenvalue weighted by Gasteiger charge is -2.44. The van der Waals surface area contributed by atoms with Crippen LogP contribution in [0.15, 0.2) is 29.2 Å². The SMILES string of the molecule is CCOCCCCNCCC(C)CC1(c2ccc(SC)cc2)CCC1. The number of benzene rings is 1. The van der Waals surface area contributed by atoms with Crippen LogP contribution in [0, 0.1) is 5.92 Å². The predicted molar refractivity (Wildman–Crippen MR) is 111 cm³/mol. The lowest BCUT2D eigenvalue weighted by Crippen LogP contribution is -2.36. The van der Waals surface area contributed by atoms with Gasteiger partial charge >= 0.3 is 0 Å². The van der Waals surface area contributed by atoms with E-state index >= 15 is 0 Å². The van der Waals surface area contributed by atoms with Gasteiger partial charge in [-0.2, -0.15) is 0 Å². The molecule has 1 saturated carbocycles. The van der Waals surface area contributed by atoms with Gasteiger partial charge in [0.2, 0.25) is 0 Å². The topological polar surface area (TPSA) is 21.3 Å². The first kappa shape index (κ1) is 20.8. The summed E-state index contributed by atoms with van der Waals surface area (Å²) in [5.74, 6) is 0.788. The second-order valence-electron chi connectivity index (χ2n) is 7.61. The summed E-state index contributed by atoms with van der Waals surface area (Å²) in [5, 5.41) is 3.61. The Hall–Kier alpha value is -0.510. The van der Waals surface area contributed by atoms with E-state index in [9.17, 15) is 0 Å². The van der Waals surface area contributed by atoms with E-state index < -0.39 is 0 Å². The van der Waals surface area contributed by atoms with Crippen LogP contribution >= 0.6 is 11.8 Å². The second kappa shape index (κ2) is 11.3. The van der Waals surface area contributed by atoms with E-state index in [0.717, 1.165) is 32.2 Å². The summed E-state index contributed by atoms with van der Waals surface area (Å²) in [6.07, 6.45) is 11.3. The Morgan fingerprint density at radius 2 is 1.92 bits per heavy atom. The first-order valence-electron chi connectivity index (χ1n) is 10.1. The molecular weight excluding hydrogens is 326 g/mol. The third kappa shape index (κ3) is 6.62. The van der Waals surface area contributed by atoms with Gasteiger partial charge in [0, 0.05) is 18.1 Å². The van der Waals surface area contributed by atoms with Gasteiger partial charge < -0.3 is 10.1 Å². The molecule has 1 atom stereocenters. The third-order valence-electron chi connectivity index (χ3n) is 5.66. The highest BCUT2D eigenvalue weighted by atomic mass is 32.2. The minimum Gasteiger partial charge on any atom is -0.382 e.